The number of benzene rings is 1. The summed E-state index contributed by atoms with van der Waals surface area (Å²) in [6.07, 6.45) is -0.728. The van der Waals surface area contributed by atoms with Crippen molar-refractivity contribution in [1.82, 2.24) is 19.7 Å². The van der Waals surface area contributed by atoms with E-state index in [0.717, 1.165) is 5.56 Å². The van der Waals surface area contributed by atoms with Crippen LogP contribution in [0.15, 0.2) is 47.7 Å². The van der Waals surface area contributed by atoms with Crippen molar-refractivity contribution in [2.45, 2.75) is 90.1 Å². The van der Waals surface area contributed by atoms with E-state index in [1.807, 2.05) is 12.1 Å². The molecule has 0 amide bonds. The first kappa shape index (κ1) is 38.6. The molecule has 1 aliphatic heterocycles. The van der Waals surface area contributed by atoms with E-state index < -0.39 is 56.1 Å². The molecule has 3 aromatic rings. The van der Waals surface area contributed by atoms with Crippen molar-refractivity contribution in [3.8, 4) is 5.75 Å². The van der Waals surface area contributed by atoms with Crippen molar-refractivity contribution in [3.05, 3.63) is 54.0 Å². The quantitative estimate of drug-likeness (QED) is 0.119. The van der Waals surface area contributed by atoms with Gasteiger partial charge in [0.15, 0.2) is 5.82 Å². The first-order valence-corrected chi connectivity index (χ1v) is 18.0. The fourth-order valence-corrected chi connectivity index (χ4v) is 7.45. The third kappa shape index (κ3) is 8.40. The number of carbonyl (C=O) groups is 3. The summed E-state index contributed by atoms with van der Waals surface area (Å²) in [4.78, 5) is 46.7. The van der Waals surface area contributed by atoms with Crippen molar-refractivity contribution in [2.75, 3.05) is 26.0 Å². The first-order valence-electron chi connectivity index (χ1n) is 16.4. The Bertz CT molecular complexity index is 1740. The zero-order chi connectivity index (χ0) is 36.9. The van der Waals surface area contributed by atoms with Crippen molar-refractivity contribution in [3.63, 3.8) is 0 Å². The van der Waals surface area contributed by atoms with Crippen molar-refractivity contribution in [2.24, 2.45) is 10.9 Å². The largest absolute Gasteiger partial charge is 0.468 e. The average molecular weight is 715 g/mol. The number of methoxy groups -OCH3 is 1. The zero-order valence-electron chi connectivity index (χ0n) is 29.6. The van der Waals surface area contributed by atoms with E-state index in [1.165, 1.54) is 24.9 Å². The lowest BCUT2D eigenvalue weighted by atomic mass is 9.78. The molecule has 1 saturated heterocycles. The van der Waals surface area contributed by atoms with Gasteiger partial charge in [0, 0.05) is 25.2 Å². The Morgan fingerprint density at radius 1 is 1.16 bits per heavy atom. The maximum Gasteiger partial charge on any atom is 0.459 e. The first-order chi connectivity index (χ1) is 23.6. The molecule has 1 aromatic carbocycles. The van der Waals surface area contributed by atoms with E-state index in [4.69, 9.17) is 29.0 Å². The van der Waals surface area contributed by atoms with Crippen LogP contribution in [0.2, 0.25) is 0 Å². The fourth-order valence-electron chi connectivity index (χ4n) is 5.95. The van der Waals surface area contributed by atoms with Gasteiger partial charge < -0.3 is 24.5 Å². The number of ether oxygens (including phenoxy) is 3. The van der Waals surface area contributed by atoms with Crippen LogP contribution in [0.5, 0.6) is 5.75 Å². The minimum absolute atomic E-state index is 0.0351. The van der Waals surface area contributed by atoms with E-state index >= 15 is 0 Å². The van der Waals surface area contributed by atoms with Gasteiger partial charge in [-0.25, -0.2) is 14.1 Å². The molecule has 6 atom stereocenters. The van der Waals surface area contributed by atoms with E-state index in [9.17, 15) is 18.9 Å². The molecule has 50 heavy (non-hydrogen) atoms. The number of nitrogen functional groups attached to an aromatic ring is 1. The van der Waals surface area contributed by atoms with E-state index in [0.29, 0.717) is 11.2 Å². The lowest BCUT2D eigenvalue weighted by Gasteiger charge is -2.33. The van der Waals surface area contributed by atoms with Crippen LogP contribution in [-0.4, -0.2) is 77.5 Å². The highest BCUT2D eigenvalue weighted by molar-refractivity contribution is 7.52. The molecule has 2 aromatic heterocycles. The highest BCUT2D eigenvalue weighted by Gasteiger charge is 2.59. The summed E-state index contributed by atoms with van der Waals surface area (Å²) in [5.74, 6) is -1.78. The third-order valence-electron chi connectivity index (χ3n) is 8.65. The second kappa shape index (κ2) is 15.8. The molecule has 0 bridgehead atoms. The molecule has 1 unspecified atom stereocenters. The molecule has 3 N–H and O–H groups in total. The van der Waals surface area contributed by atoms with E-state index in [-0.39, 0.29) is 48.6 Å². The SMILES string of the molecule is C=NC[C@@]1(c2ccc3c(N)ncnn23)O[C@H](COP(=O)(N[C@@H](C)C(=O)OC)Oc2ccc(C(C)(C)C)cc2)[C@@H](OC(=O)CC)[C@H]1CC(=O)CC. The lowest BCUT2D eigenvalue weighted by molar-refractivity contribution is -0.154. The molecule has 0 spiro atoms. The monoisotopic (exact) mass is 714 g/mol. The van der Waals surface area contributed by atoms with Gasteiger partial charge >= 0.3 is 19.7 Å². The summed E-state index contributed by atoms with van der Waals surface area (Å²) < 4.78 is 45.5. The maximum absolute atomic E-state index is 14.4. The number of anilines is 1. The summed E-state index contributed by atoms with van der Waals surface area (Å²) in [6.45, 7) is 14.2. The summed E-state index contributed by atoms with van der Waals surface area (Å²) >= 11 is 0. The molecule has 1 aliphatic rings. The van der Waals surface area contributed by atoms with Gasteiger partial charge in [0.1, 0.15) is 47.2 Å². The molecule has 16 heteroatoms. The third-order valence-corrected chi connectivity index (χ3v) is 10.3. The molecule has 4 rings (SSSR count). The number of carbonyl (C=O) groups excluding carboxylic acids is 3. The van der Waals surface area contributed by atoms with Gasteiger partial charge in [-0.05, 0) is 48.9 Å². The zero-order valence-corrected chi connectivity index (χ0v) is 30.5. The Labute approximate surface area is 291 Å². The number of nitrogens with zero attached hydrogens (tertiary/aromatic N) is 4. The Balaban J connectivity index is 1.78. The summed E-state index contributed by atoms with van der Waals surface area (Å²) in [5.41, 5.74) is 6.51. The number of esters is 2. The molecule has 0 aliphatic carbocycles. The fraction of sp³-hybridized carbons (Fsp3) is 0.529. The topological polar surface area (TPSA) is 195 Å². The molecule has 3 heterocycles. The van der Waals surface area contributed by atoms with Gasteiger partial charge in [-0.3, -0.25) is 23.9 Å². The summed E-state index contributed by atoms with van der Waals surface area (Å²) in [5, 5.41) is 7.03. The summed E-state index contributed by atoms with van der Waals surface area (Å²) in [6, 6.07) is 9.32. The Kier molecular flexibility index (Phi) is 12.2. The smallest absolute Gasteiger partial charge is 0.459 e. The lowest BCUT2D eigenvalue weighted by Crippen LogP contribution is -2.42. The van der Waals surface area contributed by atoms with Crippen LogP contribution in [0.4, 0.5) is 5.82 Å². The van der Waals surface area contributed by atoms with Gasteiger partial charge in [-0.1, -0.05) is 46.8 Å². The number of ketones is 1. The average Bonchev–Trinajstić information content (AvgIpc) is 3.64. The van der Waals surface area contributed by atoms with E-state index in [2.05, 4.69) is 47.7 Å². The molecular formula is C34H47N6O9P. The predicted octanol–water partition coefficient (Wildman–Crippen LogP) is 4.57. The van der Waals surface area contributed by atoms with Gasteiger partial charge in [-0.15, -0.1) is 0 Å². The molecule has 1 fully saturated rings. The number of fused-ring (bicyclic) bond motifs is 1. The number of aromatic nitrogens is 3. The minimum Gasteiger partial charge on any atom is -0.468 e. The number of aliphatic imine (C=N–C) groups is 1. The number of nitrogens with two attached hydrogens (primary N) is 1. The van der Waals surface area contributed by atoms with Crippen LogP contribution >= 0.6 is 7.75 Å². The highest BCUT2D eigenvalue weighted by Crippen LogP contribution is 2.51. The second-order valence-electron chi connectivity index (χ2n) is 13.1. The standard InChI is InChI=1S/C34H47N6O9P/c1-9-23(41)17-25-30(47-29(42)10-2)27(48-34(25,19-36-7)28-16-15-26-31(35)37-20-38-40(26)28)18-46-50(44,39-21(3)32(43)45-8)49-24-13-11-22(12-14-24)33(4,5)6/h11-16,20-21,25,27,30H,7,9-10,17-19H2,1-6,8H3,(H,39,44)(H2,35,37,38)/t21-,25+,27+,30-,34+,50?/m0/s1. The predicted molar refractivity (Wildman–Crippen MR) is 186 cm³/mol. The van der Waals surface area contributed by atoms with Gasteiger partial charge in [0.25, 0.3) is 0 Å². The van der Waals surface area contributed by atoms with Crippen LogP contribution in [0.1, 0.15) is 72.1 Å². The van der Waals surface area contributed by atoms with Gasteiger partial charge in [0.2, 0.25) is 0 Å². The number of hydrogen-bond acceptors (Lipinski definition) is 13. The molecule has 15 nitrogen and oxygen atoms in total. The molecular weight excluding hydrogens is 667 g/mol. The van der Waals surface area contributed by atoms with Crippen molar-refractivity contribution < 1.29 is 42.2 Å². The van der Waals surface area contributed by atoms with Crippen LogP contribution in [-0.2, 0) is 48.7 Å². The number of nitrogens with one attached hydrogen (secondary N) is 1. The maximum atomic E-state index is 14.4. The normalized spacial score (nSPS) is 22.4. The van der Waals surface area contributed by atoms with Gasteiger partial charge in [-0.2, -0.15) is 10.2 Å². The minimum atomic E-state index is -4.37. The van der Waals surface area contributed by atoms with Crippen LogP contribution < -0.4 is 15.3 Å². The molecule has 0 radical (unpaired) electrons. The van der Waals surface area contributed by atoms with Crippen molar-refractivity contribution >= 4 is 43.5 Å². The van der Waals surface area contributed by atoms with Crippen molar-refractivity contribution in [1.29, 1.82) is 0 Å². The van der Waals surface area contributed by atoms with Crippen LogP contribution in [0.25, 0.3) is 5.52 Å². The molecule has 272 valence electrons. The van der Waals surface area contributed by atoms with Crippen LogP contribution in [0, 0.1) is 5.92 Å². The summed E-state index contributed by atoms with van der Waals surface area (Å²) in [7, 11) is -3.17. The van der Waals surface area contributed by atoms with Crippen LogP contribution in [0.3, 0.4) is 0 Å². The number of hydrogen-bond donors (Lipinski definition) is 2. The second-order valence-corrected chi connectivity index (χ2v) is 14.8. The molecule has 0 saturated carbocycles. The Morgan fingerprint density at radius 2 is 1.86 bits per heavy atom. The Morgan fingerprint density at radius 3 is 2.46 bits per heavy atom. The highest BCUT2D eigenvalue weighted by atomic mass is 31.2. The van der Waals surface area contributed by atoms with E-state index in [1.54, 1.807) is 38.1 Å². The van der Waals surface area contributed by atoms with Gasteiger partial charge in [0.05, 0.1) is 26.0 Å². The number of rotatable bonds is 16. The number of Topliss-reactive ketones (excluding diaryl/α,β-unsaturated/α-hetero) is 1. The Hall–Kier alpha value is -4.17.